The molecule has 1 aromatic rings. The van der Waals surface area contributed by atoms with E-state index in [1.165, 1.54) is 18.3 Å². The van der Waals surface area contributed by atoms with E-state index >= 15 is 0 Å². The molecular formula is C15H20N2O5S. The van der Waals surface area contributed by atoms with Crippen molar-refractivity contribution in [3.8, 4) is 0 Å². The van der Waals surface area contributed by atoms with Gasteiger partial charge in [0.2, 0.25) is 5.91 Å². The van der Waals surface area contributed by atoms with Crippen LogP contribution < -0.4 is 5.32 Å². The molecule has 0 spiro atoms. The lowest BCUT2D eigenvalue weighted by atomic mass is 10.0. The molecule has 0 saturated carbocycles. The molecule has 0 atom stereocenters. The van der Waals surface area contributed by atoms with Gasteiger partial charge in [0.05, 0.1) is 25.3 Å². The standard InChI is InChI=1S/C15H20N2O5S/c1-4-21-14(19)12-10-6-7-17(15(20)22-5-2)8-11(10)23-13(12)16-9(3)18/h4-8H2,1-3H3,(H,16,18). The van der Waals surface area contributed by atoms with Crippen LogP contribution in [-0.2, 0) is 27.2 Å². The highest BCUT2D eigenvalue weighted by atomic mass is 32.1. The first-order chi connectivity index (χ1) is 11.0. The highest BCUT2D eigenvalue weighted by Gasteiger charge is 2.31. The first-order valence-corrected chi connectivity index (χ1v) is 8.30. The molecule has 0 radical (unpaired) electrons. The molecule has 1 aromatic heterocycles. The third-order valence-corrected chi connectivity index (χ3v) is 4.48. The third kappa shape index (κ3) is 3.82. The number of rotatable bonds is 4. The van der Waals surface area contributed by atoms with E-state index in [2.05, 4.69) is 5.32 Å². The number of carbonyl (C=O) groups excluding carboxylic acids is 3. The maximum Gasteiger partial charge on any atom is 0.410 e. The number of hydrogen-bond donors (Lipinski definition) is 1. The van der Waals surface area contributed by atoms with E-state index < -0.39 is 5.97 Å². The van der Waals surface area contributed by atoms with Gasteiger partial charge in [-0.25, -0.2) is 9.59 Å². The lowest BCUT2D eigenvalue weighted by Crippen LogP contribution is -2.36. The Labute approximate surface area is 138 Å². The van der Waals surface area contributed by atoms with E-state index in [0.29, 0.717) is 36.7 Å². The second-order valence-electron chi connectivity index (χ2n) is 4.98. The van der Waals surface area contributed by atoms with Gasteiger partial charge in [0.15, 0.2) is 0 Å². The highest BCUT2D eigenvalue weighted by Crippen LogP contribution is 2.37. The van der Waals surface area contributed by atoms with Crippen LogP contribution in [0, 0.1) is 0 Å². The summed E-state index contributed by atoms with van der Waals surface area (Å²) in [6, 6.07) is 0. The van der Waals surface area contributed by atoms with Gasteiger partial charge in [-0.1, -0.05) is 0 Å². The fourth-order valence-corrected chi connectivity index (χ4v) is 3.74. The number of esters is 1. The van der Waals surface area contributed by atoms with E-state index in [4.69, 9.17) is 9.47 Å². The second kappa shape index (κ2) is 7.45. The minimum Gasteiger partial charge on any atom is -0.462 e. The van der Waals surface area contributed by atoms with Gasteiger partial charge in [0, 0.05) is 18.3 Å². The van der Waals surface area contributed by atoms with Gasteiger partial charge in [-0.3, -0.25) is 4.79 Å². The fraction of sp³-hybridized carbons (Fsp3) is 0.533. The minimum atomic E-state index is -0.446. The molecule has 23 heavy (non-hydrogen) atoms. The van der Waals surface area contributed by atoms with Crippen LogP contribution in [0.5, 0.6) is 0 Å². The number of nitrogens with one attached hydrogen (secondary N) is 1. The van der Waals surface area contributed by atoms with Crippen LogP contribution in [0.15, 0.2) is 0 Å². The highest BCUT2D eigenvalue weighted by molar-refractivity contribution is 7.17. The quantitative estimate of drug-likeness (QED) is 0.851. The van der Waals surface area contributed by atoms with Crippen molar-refractivity contribution in [2.24, 2.45) is 0 Å². The lowest BCUT2D eigenvalue weighted by Gasteiger charge is -2.26. The van der Waals surface area contributed by atoms with Crippen LogP contribution in [0.2, 0.25) is 0 Å². The summed E-state index contributed by atoms with van der Waals surface area (Å²) in [5, 5.41) is 3.16. The molecule has 1 N–H and O–H groups in total. The number of amides is 2. The smallest absolute Gasteiger partial charge is 0.410 e. The van der Waals surface area contributed by atoms with Crippen LogP contribution in [0.1, 0.15) is 41.6 Å². The molecule has 0 saturated heterocycles. The van der Waals surface area contributed by atoms with Crippen molar-refractivity contribution >= 4 is 34.3 Å². The zero-order valence-electron chi connectivity index (χ0n) is 13.4. The molecule has 0 fully saturated rings. The molecule has 8 heteroatoms. The Kier molecular flexibility index (Phi) is 5.59. The molecule has 126 valence electrons. The number of anilines is 1. The molecule has 2 rings (SSSR count). The van der Waals surface area contributed by atoms with Crippen molar-refractivity contribution in [1.29, 1.82) is 0 Å². The van der Waals surface area contributed by atoms with Gasteiger partial charge >= 0.3 is 12.1 Å². The fourth-order valence-electron chi connectivity index (χ4n) is 2.44. The molecular weight excluding hydrogens is 320 g/mol. The summed E-state index contributed by atoms with van der Waals surface area (Å²) < 4.78 is 10.1. The summed E-state index contributed by atoms with van der Waals surface area (Å²) in [6.07, 6.45) is 0.156. The first-order valence-electron chi connectivity index (χ1n) is 7.48. The van der Waals surface area contributed by atoms with E-state index in [1.54, 1.807) is 18.7 Å². The van der Waals surface area contributed by atoms with E-state index in [0.717, 1.165) is 10.4 Å². The number of ether oxygens (including phenoxy) is 2. The Morgan fingerprint density at radius 3 is 2.52 bits per heavy atom. The number of hydrogen-bond acceptors (Lipinski definition) is 6. The third-order valence-electron chi connectivity index (χ3n) is 3.35. The lowest BCUT2D eigenvalue weighted by molar-refractivity contribution is -0.114. The topological polar surface area (TPSA) is 84.9 Å². The number of thiophene rings is 1. The summed E-state index contributed by atoms with van der Waals surface area (Å²) in [5.74, 6) is -0.699. The predicted octanol–water partition coefficient (Wildman–Crippen LogP) is 2.40. The predicted molar refractivity (Wildman–Crippen MR) is 85.7 cm³/mol. The van der Waals surface area contributed by atoms with Crippen LogP contribution in [-0.4, -0.2) is 42.6 Å². The van der Waals surface area contributed by atoms with Gasteiger partial charge < -0.3 is 19.7 Å². The van der Waals surface area contributed by atoms with E-state index in [1.807, 2.05) is 0 Å². The average Bonchev–Trinajstić information content (AvgIpc) is 2.83. The Morgan fingerprint density at radius 2 is 1.91 bits per heavy atom. The number of nitrogens with zero attached hydrogens (tertiary/aromatic N) is 1. The summed E-state index contributed by atoms with van der Waals surface area (Å²) in [4.78, 5) is 37.9. The Morgan fingerprint density at radius 1 is 1.22 bits per heavy atom. The van der Waals surface area contributed by atoms with Gasteiger partial charge in [-0.2, -0.15) is 0 Å². The zero-order valence-corrected chi connectivity index (χ0v) is 14.2. The first kappa shape index (κ1) is 17.3. The molecule has 2 heterocycles. The normalized spacial score (nSPS) is 13.3. The minimum absolute atomic E-state index is 0.253. The van der Waals surface area contributed by atoms with Crippen molar-refractivity contribution in [3.05, 3.63) is 16.0 Å². The van der Waals surface area contributed by atoms with Crippen molar-refractivity contribution < 1.29 is 23.9 Å². The van der Waals surface area contributed by atoms with Gasteiger partial charge in [0.1, 0.15) is 5.00 Å². The molecule has 0 aromatic carbocycles. The van der Waals surface area contributed by atoms with Crippen LogP contribution in [0.25, 0.3) is 0 Å². The molecule has 1 aliphatic rings. The largest absolute Gasteiger partial charge is 0.462 e. The maximum absolute atomic E-state index is 12.2. The Bertz CT molecular complexity index is 626. The van der Waals surface area contributed by atoms with E-state index in [-0.39, 0.29) is 18.6 Å². The monoisotopic (exact) mass is 340 g/mol. The van der Waals surface area contributed by atoms with Crippen molar-refractivity contribution in [1.82, 2.24) is 4.90 Å². The summed E-state index contributed by atoms with van der Waals surface area (Å²) in [5.41, 5.74) is 1.25. The van der Waals surface area contributed by atoms with Crippen LogP contribution >= 0.6 is 11.3 Å². The molecule has 1 aliphatic heterocycles. The molecule has 0 aliphatic carbocycles. The Hall–Kier alpha value is -2.09. The van der Waals surface area contributed by atoms with Gasteiger partial charge in [-0.15, -0.1) is 11.3 Å². The second-order valence-corrected chi connectivity index (χ2v) is 6.09. The van der Waals surface area contributed by atoms with Crippen molar-refractivity contribution in [2.75, 3.05) is 25.1 Å². The average molecular weight is 340 g/mol. The molecule has 0 bridgehead atoms. The molecule has 7 nitrogen and oxygen atoms in total. The zero-order chi connectivity index (χ0) is 17.0. The molecule has 2 amide bonds. The Balaban J connectivity index is 2.32. The summed E-state index contributed by atoms with van der Waals surface area (Å²) >= 11 is 1.30. The van der Waals surface area contributed by atoms with Crippen LogP contribution in [0.4, 0.5) is 9.80 Å². The maximum atomic E-state index is 12.2. The van der Waals surface area contributed by atoms with Gasteiger partial charge in [0.25, 0.3) is 0 Å². The summed E-state index contributed by atoms with van der Waals surface area (Å²) in [7, 11) is 0. The molecule has 0 unspecified atom stereocenters. The van der Waals surface area contributed by atoms with E-state index in [9.17, 15) is 14.4 Å². The van der Waals surface area contributed by atoms with Crippen LogP contribution in [0.3, 0.4) is 0 Å². The number of fused-ring (bicyclic) bond motifs is 1. The summed E-state index contributed by atoms with van der Waals surface area (Å²) in [6.45, 7) is 6.29. The SMILES string of the molecule is CCOC(=O)c1c(NC(C)=O)sc2c1CCN(C(=O)OCC)C2. The van der Waals surface area contributed by atoms with Gasteiger partial charge in [-0.05, 0) is 25.8 Å². The van der Waals surface area contributed by atoms with Crippen molar-refractivity contribution in [2.45, 2.75) is 33.7 Å². The van der Waals surface area contributed by atoms with Crippen molar-refractivity contribution in [3.63, 3.8) is 0 Å². The number of carbonyl (C=O) groups is 3.